The standard InChI is InChI=1S/C32H30O6/c1-34-25-13-21(14-26(18-25)35-2)6-5-20-7-12-30-29(15-20)31(23-16-27(36-3)19-28(17-23)37-4)32(38-30)22-8-10-24(33)11-9-22/h5-19,31-33H,1-4H3/b6-5+/t31-,32+/m0/s1. The second-order valence-electron chi connectivity index (χ2n) is 9.03. The van der Waals surface area contributed by atoms with Crippen LogP contribution < -0.4 is 23.7 Å². The van der Waals surface area contributed by atoms with E-state index in [1.165, 1.54) is 0 Å². The van der Waals surface area contributed by atoms with Crippen molar-refractivity contribution in [1.29, 1.82) is 0 Å². The van der Waals surface area contributed by atoms with Gasteiger partial charge in [0.05, 0.1) is 34.4 Å². The number of benzene rings is 4. The van der Waals surface area contributed by atoms with Crippen molar-refractivity contribution >= 4 is 12.2 Å². The maximum atomic E-state index is 9.85. The van der Waals surface area contributed by atoms with Crippen molar-refractivity contribution in [3.63, 3.8) is 0 Å². The Labute approximate surface area is 222 Å². The molecule has 5 rings (SSSR count). The van der Waals surface area contributed by atoms with Crippen LogP contribution in [0.15, 0.2) is 78.9 Å². The average molecular weight is 511 g/mol. The van der Waals surface area contributed by atoms with Gasteiger partial charge >= 0.3 is 0 Å². The molecule has 194 valence electrons. The Balaban J connectivity index is 1.57. The zero-order valence-electron chi connectivity index (χ0n) is 21.8. The molecule has 4 aromatic rings. The van der Waals surface area contributed by atoms with E-state index in [2.05, 4.69) is 12.1 Å². The van der Waals surface area contributed by atoms with E-state index in [0.717, 1.165) is 45.1 Å². The third-order valence-electron chi connectivity index (χ3n) is 6.72. The summed E-state index contributed by atoms with van der Waals surface area (Å²) >= 11 is 0. The van der Waals surface area contributed by atoms with Crippen LogP contribution in [0.5, 0.6) is 34.5 Å². The molecule has 0 spiro atoms. The first-order chi connectivity index (χ1) is 18.5. The zero-order chi connectivity index (χ0) is 26.6. The summed E-state index contributed by atoms with van der Waals surface area (Å²) in [5.74, 6) is 3.79. The first kappa shape index (κ1) is 25.1. The van der Waals surface area contributed by atoms with Crippen molar-refractivity contribution in [2.45, 2.75) is 12.0 Å². The second kappa shape index (κ2) is 10.8. The normalized spacial score (nSPS) is 16.1. The fourth-order valence-electron chi connectivity index (χ4n) is 4.79. The predicted octanol–water partition coefficient (Wildman–Crippen LogP) is 6.86. The van der Waals surface area contributed by atoms with Crippen molar-refractivity contribution in [3.05, 3.63) is 107 Å². The molecule has 0 aromatic heterocycles. The zero-order valence-corrected chi connectivity index (χ0v) is 21.8. The van der Waals surface area contributed by atoms with Crippen molar-refractivity contribution in [2.75, 3.05) is 28.4 Å². The molecule has 4 aromatic carbocycles. The Hall–Kier alpha value is -4.58. The van der Waals surface area contributed by atoms with Crippen LogP contribution in [0, 0.1) is 0 Å². The lowest BCUT2D eigenvalue weighted by molar-refractivity contribution is 0.222. The molecule has 6 heteroatoms. The van der Waals surface area contributed by atoms with E-state index in [9.17, 15) is 5.11 Å². The van der Waals surface area contributed by atoms with Gasteiger partial charge in [0.2, 0.25) is 0 Å². The predicted molar refractivity (Wildman–Crippen MR) is 148 cm³/mol. The third kappa shape index (κ3) is 5.11. The molecule has 0 radical (unpaired) electrons. The lowest BCUT2D eigenvalue weighted by Crippen LogP contribution is -2.11. The molecule has 0 unspecified atom stereocenters. The van der Waals surface area contributed by atoms with Gasteiger partial charge in [0.25, 0.3) is 0 Å². The van der Waals surface area contributed by atoms with Gasteiger partial charge in [-0.2, -0.15) is 0 Å². The van der Waals surface area contributed by atoms with Crippen LogP contribution in [0.25, 0.3) is 12.2 Å². The highest BCUT2D eigenvalue weighted by Gasteiger charge is 2.37. The van der Waals surface area contributed by atoms with Crippen molar-refractivity contribution < 1.29 is 28.8 Å². The van der Waals surface area contributed by atoms with Gasteiger partial charge in [-0.3, -0.25) is 0 Å². The summed E-state index contributed by atoms with van der Waals surface area (Å²) in [4.78, 5) is 0. The van der Waals surface area contributed by atoms with Gasteiger partial charge in [-0.25, -0.2) is 0 Å². The fourth-order valence-corrected chi connectivity index (χ4v) is 4.79. The van der Waals surface area contributed by atoms with Gasteiger partial charge in [0, 0.05) is 17.7 Å². The largest absolute Gasteiger partial charge is 0.508 e. The highest BCUT2D eigenvalue weighted by molar-refractivity contribution is 5.72. The molecule has 1 heterocycles. The van der Waals surface area contributed by atoms with Gasteiger partial charge in [-0.15, -0.1) is 0 Å². The van der Waals surface area contributed by atoms with Crippen LogP contribution in [0.4, 0.5) is 0 Å². The first-order valence-electron chi connectivity index (χ1n) is 12.2. The summed E-state index contributed by atoms with van der Waals surface area (Å²) in [5, 5.41) is 9.85. The molecule has 38 heavy (non-hydrogen) atoms. The van der Waals surface area contributed by atoms with E-state index in [1.54, 1.807) is 40.6 Å². The summed E-state index contributed by atoms with van der Waals surface area (Å²) < 4.78 is 28.4. The minimum absolute atomic E-state index is 0.121. The molecule has 0 saturated heterocycles. The summed E-state index contributed by atoms with van der Waals surface area (Å²) in [6.45, 7) is 0. The fraction of sp³-hybridized carbons (Fsp3) is 0.188. The number of methoxy groups -OCH3 is 4. The van der Waals surface area contributed by atoms with E-state index < -0.39 is 0 Å². The number of rotatable bonds is 8. The van der Waals surface area contributed by atoms with Crippen molar-refractivity contribution in [1.82, 2.24) is 0 Å². The van der Waals surface area contributed by atoms with E-state index in [0.29, 0.717) is 11.5 Å². The number of aromatic hydroxyl groups is 1. The topological polar surface area (TPSA) is 66.4 Å². The van der Waals surface area contributed by atoms with E-state index in [-0.39, 0.29) is 17.8 Å². The summed E-state index contributed by atoms with van der Waals surface area (Å²) in [6.07, 6.45) is 3.80. The molecule has 1 N–H and O–H groups in total. The van der Waals surface area contributed by atoms with E-state index in [4.69, 9.17) is 23.7 Å². The number of ether oxygens (including phenoxy) is 5. The maximum absolute atomic E-state index is 9.85. The highest BCUT2D eigenvalue weighted by Crippen LogP contribution is 2.51. The van der Waals surface area contributed by atoms with Crippen LogP contribution in [0.3, 0.4) is 0 Å². The maximum Gasteiger partial charge on any atom is 0.135 e. The van der Waals surface area contributed by atoms with Gasteiger partial charge in [-0.1, -0.05) is 30.4 Å². The molecule has 0 bridgehead atoms. The lowest BCUT2D eigenvalue weighted by atomic mass is 9.84. The van der Waals surface area contributed by atoms with Gasteiger partial charge in [0.1, 0.15) is 40.6 Å². The molecular weight excluding hydrogens is 480 g/mol. The van der Waals surface area contributed by atoms with Crippen LogP contribution in [0.2, 0.25) is 0 Å². The molecule has 0 saturated carbocycles. The molecule has 0 aliphatic carbocycles. The summed E-state index contributed by atoms with van der Waals surface area (Å²) in [7, 11) is 6.57. The Morgan fingerprint density at radius 3 is 1.74 bits per heavy atom. The minimum atomic E-state index is -0.288. The van der Waals surface area contributed by atoms with Gasteiger partial charge < -0.3 is 28.8 Å². The number of phenols is 1. The molecule has 6 nitrogen and oxygen atoms in total. The number of phenolic OH excluding ortho intramolecular Hbond substituents is 1. The first-order valence-corrected chi connectivity index (χ1v) is 12.2. The number of hydrogen-bond donors (Lipinski definition) is 1. The van der Waals surface area contributed by atoms with Crippen LogP contribution >= 0.6 is 0 Å². The molecule has 0 amide bonds. The summed E-state index contributed by atoms with van der Waals surface area (Å²) in [6, 6.07) is 25.0. The Bertz CT molecular complexity index is 1410. The molecule has 0 fully saturated rings. The average Bonchev–Trinajstić information content (AvgIpc) is 3.34. The van der Waals surface area contributed by atoms with Crippen LogP contribution in [-0.2, 0) is 0 Å². The quantitative estimate of drug-likeness (QED) is 0.261. The van der Waals surface area contributed by atoms with Crippen LogP contribution in [0.1, 0.15) is 39.8 Å². The number of hydrogen-bond acceptors (Lipinski definition) is 6. The van der Waals surface area contributed by atoms with Crippen LogP contribution in [-0.4, -0.2) is 33.5 Å². The lowest BCUT2D eigenvalue weighted by Gasteiger charge is -2.21. The second-order valence-corrected chi connectivity index (χ2v) is 9.03. The third-order valence-corrected chi connectivity index (χ3v) is 6.72. The number of fused-ring (bicyclic) bond motifs is 1. The van der Waals surface area contributed by atoms with E-state index >= 15 is 0 Å². The molecule has 1 aliphatic rings. The van der Waals surface area contributed by atoms with Gasteiger partial charge in [0.15, 0.2) is 0 Å². The van der Waals surface area contributed by atoms with Crippen molar-refractivity contribution in [3.8, 4) is 34.5 Å². The molecular formula is C32H30O6. The molecule has 1 aliphatic heterocycles. The monoisotopic (exact) mass is 510 g/mol. The molecule has 2 atom stereocenters. The summed E-state index contributed by atoms with van der Waals surface area (Å²) in [5.41, 5.74) is 5.03. The Kier molecular flexibility index (Phi) is 7.13. The smallest absolute Gasteiger partial charge is 0.135 e. The van der Waals surface area contributed by atoms with E-state index in [1.807, 2.05) is 66.7 Å². The highest BCUT2D eigenvalue weighted by atomic mass is 16.5. The SMILES string of the molecule is COc1cc(/C=C/c2ccc3c(c2)[C@H](c2cc(OC)cc(OC)c2)[C@@H](c2ccc(O)cc2)O3)cc(OC)c1. The Morgan fingerprint density at radius 2 is 1.16 bits per heavy atom. The Morgan fingerprint density at radius 1 is 0.605 bits per heavy atom. The minimum Gasteiger partial charge on any atom is -0.508 e. The van der Waals surface area contributed by atoms with Gasteiger partial charge in [-0.05, 0) is 70.8 Å². The van der Waals surface area contributed by atoms with Crippen molar-refractivity contribution in [2.24, 2.45) is 0 Å².